The van der Waals surface area contributed by atoms with E-state index in [1.807, 2.05) is 12.1 Å². The third-order valence-corrected chi connectivity index (χ3v) is 5.09. The predicted molar refractivity (Wildman–Crippen MR) is 82.7 cm³/mol. The van der Waals surface area contributed by atoms with E-state index in [0.29, 0.717) is 10.8 Å². The molecule has 0 aliphatic carbocycles. The van der Waals surface area contributed by atoms with E-state index in [4.69, 9.17) is 9.63 Å². The summed E-state index contributed by atoms with van der Waals surface area (Å²) in [5.41, 5.74) is 0.964. The van der Waals surface area contributed by atoms with Gasteiger partial charge in [0.25, 0.3) is 0 Å². The third kappa shape index (κ3) is 2.14. The zero-order valence-corrected chi connectivity index (χ0v) is 12.4. The van der Waals surface area contributed by atoms with Gasteiger partial charge in [-0.2, -0.15) is 0 Å². The van der Waals surface area contributed by atoms with Crippen molar-refractivity contribution in [2.24, 2.45) is 0 Å². The van der Waals surface area contributed by atoms with E-state index in [9.17, 15) is 4.79 Å². The van der Waals surface area contributed by atoms with Gasteiger partial charge in [0, 0.05) is 41.4 Å². The fourth-order valence-electron chi connectivity index (χ4n) is 2.93. The Kier molecular flexibility index (Phi) is 3.07. The maximum absolute atomic E-state index is 11.2. The van der Waals surface area contributed by atoms with Crippen LogP contribution in [0.1, 0.15) is 27.7 Å². The Hall–Kier alpha value is -2.41. The molecule has 1 atom stereocenters. The van der Waals surface area contributed by atoms with Crippen LogP contribution in [-0.4, -0.2) is 34.3 Å². The average molecular weight is 315 g/mol. The Bertz CT molecular complexity index is 828. The molecule has 1 unspecified atom stereocenters. The highest BCUT2D eigenvalue weighted by atomic mass is 32.1. The number of pyridine rings is 1. The molecule has 0 amide bonds. The highest BCUT2D eigenvalue weighted by Crippen LogP contribution is 2.35. The molecule has 0 spiro atoms. The smallest absolute Gasteiger partial charge is 0.345 e. The fraction of sp³-hybridized carbons (Fsp3) is 0.267. The van der Waals surface area contributed by atoms with Crippen molar-refractivity contribution >= 4 is 33.2 Å². The van der Waals surface area contributed by atoms with Gasteiger partial charge in [-0.25, -0.2) is 9.78 Å². The molecule has 3 aromatic rings. The van der Waals surface area contributed by atoms with Crippen LogP contribution in [0.15, 0.2) is 35.2 Å². The number of nitrogens with zero attached hydrogens (tertiary/aromatic N) is 3. The van der Waals surface area contributed by atoms with E-state index in [0.717, 1.165) is 41.1 Å². The van der Waals surface area contributed by atoms with Crippen LogP contribution in [0.2, 0.25) is 0 Å². The SMILES string of the molecule is O=C(O)c1cc2c(N3CCC(c4ccon4)C3)nccc2s1. The number of hydrogen-bond acceptors (Lipinski definition) is 6. The average Bonchev–Trinajstić information content (AvgIpc) is 3.25. The Morgan fingerprint density at radius 1 is 1.45 bits per heavy atom. The van der Waals surface area contributed by atoms with E-state index in [1.165, 1.54) is 11.3 Å². The molecule has 1 aliphatic heterocycles. The molecule has 112 valence electrons. The van der Waals surface area contributed by atoms with Gasteiger partial charge in [-0.15, -0.1) is 11.3 Å². The summed E-state index contributed by atoms with van der Waals surface area (Å²) in [4.78, 5) is 18.2. The number of carbonyl (C=O) groups is 1. The minimum absolute atomic E-state index is 0.327. The van der Waals surface area contributed by atoms with Gasteiger partial charge in [0.05, 0.1) is 5.69 Å². The first-order chi connectivity index (χ1) is 10.7. The number of carboxylic acids is 1. The minimum atomic E-state index is -0.894. The van der Waals surface area contributed by atoms with Crippen molar-refractivity contribution in [3.63, 3.8) is 0 Å². The summed E-state index contributed by atoms with van der Waals surface area (Å²) in [6.45, 7) is 1.69. The van der Waals surface area contributed by atoms with Gasteiger partial charge in [-0.05, 0) is 18.6 Å². The molecular weight excluding hydrogens is 302 g/mol. The van der Waals surface area contributed by atoms with Crippen molar-refractivity contribution in [3.05, 3.63) is 41.2 Å². The summed E-state index contributed by atoms with van der Waals surface area (Å²) in [6.07, 6.45) is 4.32. The summed E-state index contributed by atoms with van der Waals surface area (Å²) in [5.74, 6) is 0.287. The monoisotopic (exact) mass is 315 g/mol. The van der Waals surface area contributed by atoms with Crippen molar-refractivity contribution in [2.45, 2.75) is 12.3 Å². The molecule has 0 saturated carbocycles. The quantitative estimate of drug-likeness (QED) is 0.800. The lowest BCUT2D eigenvalue weighted by molar-refractivity contribution is 0.0702. The van der Waals surface area contributed by atoms with Crippen LogP contribution < -0.4 is 4.90 Å². The lowest BCUT2D eigenvalue weighted by Crippen LogP contribution is -2.20. The van der Waals surface area contributed by atoms with Gasteiger partial charge >= 0.3 is 5.97 Å². The third-order valence-electron chi connectivity index (χ3n) is 4.00. The molecule has 3 aromatic heterocycles. The molecule has 4 rings (SSSR count). The van der Waals surface area contributed by atoms with Crippen LogP contribution in [0.3, 0.4) is 0 Å². The van der Waals surface area contributed by atoms with E-state index >= 15 is 0 Å². The second kappa shape index (κ2) is 5.10. The first kappa shape index (κ1) is 13.3. The van der Waals surface area contributed by atoms with Gasteiger partial charge in [0.1, 0.15) is 17.0 Å². The molecule has 1 fully saturated rings. The minimum Gasteiger partial charge on any atom is -0.477 e. The van der Waals surface area contributed by atoms with Crippen LogP contribution in [0.5, 0.6) is 0 Å². The maximum atomic E-state index is 11.2. The zero-order valence-electron chi connectivity index (χ0n) is 11.6. The Balaban J connectivity index is 1.68. The molecular formula is C15H13N3O3S. The number of anilines is 1. The largest absolute Gasteiger partial charge is 0.477 e. The second-order valence-electron chi connectivity index (χ2n) is 5.32. The van der Waals surface area contributed by atoms with E-state index in [-0.39, 0.29) is 0 Å². The number of aromatic nitrogens is 2. The normalized spacial score (nSPS) is 18.2. The molecule has 1 saturated heterocycles. The van der Waals surface area contributed by atoms with Crippen molar-refractivity contribution in [2.75, 3.05) is 18.0 Å². The molecule has 0 radical (unpaired) electrons. The lowest BCUT2D eigenvalue weighted by atomic mass is 10.1. The zero-order chi connectivity index (χ0) is 15.1. The summed E-state index contributed by atoms with van der Waals surface area (Å²) in [5, 5.41) is 14.1. The number of carboxylic acid groups (broad SMARTS) is 1. The van der Waals surface area contributed by atoms with Crippen LogP contribution in [-0.2, 0) is 0 Å². The van der Waals surface area contributed by atoms with Gasteiger partial charge in [0.15, 0.2) is 0 Å². The number of thiophene rings is 1. The topological polar surface area (TPSA) is 79.5 Å². The highest BCUT2D eigenvalue weighted by Gasteiger charge is 2.28. The lowest BCUT2D eigenvalue weighted by Gasteiger charge is -2.17. The Morgan fingerprint density at radius 3 is 3.14 bits per heavy atom. The van der Waals surface area contributed by atoms with Gasteiger partial charge < -0.3 is 14.5 Å². The molecule has 4 heterocycles. The Labute approximate surface area is 130 Å². The fourth-order valence-corrected chi connectivity index (χ4v) is 3.82. The van der Waals surface area contributed by atoms with Crippen LogP contribution in [0.4, 0.5) is 5.82 Å². The summed E-state index contributed by atoms with van der Waals surface area (Å²) in [7, 11) is 0. The molecule has 6 nitrogen and oxygen atoms in total. The second-order valence-corrected chi connectivity index (χ2v) is 6.40. The molecule has 22 heavy (non-hydrogen) atoms. The molecule has 1 N–H and O–H groups in total. The first-order valence-electron chi connectivity index (χ1n) is 6.99. The molecule has 0 bridgehead atoms. The molecule has 0 aromatic carbocycles. The van der Waals surface area contributed by atoms with Gasteiger partial charge in [-0.3, -0.25) is 0 Å². The molecule has 7 heteroatoms. The summed E-state index contributed by atoms with van der Waals surface area (Å²) >= 11 is 1.28. The number of aromatic carboxylic acids is 1. The number of hydrogen-bond donors (Lipinski definition) is 1. The van der Waals surface area contributed by atoms with Crippen LogP contribution >= 0.6 is 11.3 Å². The number of rotatable bonds is 3. The van der Waals surface area contributed by atoms with Gasteiger partial charge in [0.2, 0.25) is 0 Å². The molecule has 1 aliphatic rings. The number of fused-ring (bicyclic) bond motifs is 1. The van der Waals surface area contributed by atoms with Crippen LogP contribution in [0.25, 0.3) is 10.1 Å². The van der Waals surface area contributed by atoms with E-state index < -0.39 is 5.97 Å². The van der Waals surface area contributed by atoms with Crippen molar-refractivity contribution in [1.82, 2.24) is 10.1 Å². The van der Waals surface area contributed by atoms with Crippen molar-refractivity contribution in [3.8, 4) is 0 Å². The van der Waals surface area contributed by atoms with Crippen LogP contribution in [0, 0.1) is 0 Å². The first-order valence-corrected chi connectivity index (χ1v) is 7.81. The summed E-state index contributed by atoms with van der Waals surface area (Å²) in [6, 6.07) is 5.48. The Morgan fingerprint density at radius 2 is 2.36 bits per heavy atom. The van der Waals surface area contributed by atoms with Crippen molar-refractivity contribution < 1.29 is 14.4 Å². The standard InChI is InChI=1S/C15H13N3O3S/c19-15(20)13-7-10-12(22-13)1-4-16-14(10)18-5-2-9(8-18)11-3-6-21-17-11/h1,3-4,6-7,9H,2,5,8H2,(H,19,20). The highest BCUT2D eigenvalue weighted by molar-refractivity contribution is 7.20. The predicted octanol–water partition coefficient (Wildman–Crippen LogP) is 2.98. The van der Waals surface area contributed by atoms with Gasteiger partial charge in [-0.1, -0.05) is 5.16 Å². The van der Waals surface area contributed by atoms with E-state index in [2.05, 4.69) is 15.0 Å². The van der Waals surface area contributed by atoms with E-state index in [1.54, 1.807) is 18.5 Å². The maximum Gasteiger partial charge on any atom is 0.345 e. The van der Waals surface area contributed by atoms with Crippen molar-refractivity contribution in [1.29, 1.82) is 0 Å². The summed E-state index contributed by atoms with van der Waals surface area (Å²) < 4.78 is 5.87.